The molecule has 0 bridgehead atoms. The first-order valence-corrected chi connectivity index (χ1v) is 9.25. The molecule has 0 saturated carbocycles. The Labute approximate surface area is 142 Å². The fraction of sp³-hybridized carbons (Fsp3) is 0.778. The van der Waals surface area contributed by atoms with Gasteiger partial charge in [-0.25, -0.2) is 4.68 Å². The lowest BCUT2D eigenvalue weighted by Crippen LogP contribution is -2.51. The summed E-state index contributed by atoms with van der Waals surface area (Å²) in [7, 11) is 0. The van der Waals surface area contributed by atoms with Crippen LogP contribution in [0.5, 0.6) is 0 Å². The molecule has 132 valence electrons. The Hall–Kier alpha value is -1.24. The van der Waals surface area contributed by atoms with Crippen molar-refractivity contribution in [2.75, 3.05) is 46.1 Å². The van der Waals surface area contributed by atoms with E-state index in [9.17, 15) is 4.79 Å². The van der Waals surface area contributed by atoms with Crippen molar-refractivity contribution in [3.63, 3.8) is 0 Å². The van der Waals surface area contributed by atoms with E-state index in [0.717, 1.165) is 57.9 Å². The predicted octanol–water partition coefficient (Wildman–Crippen LogP) is 0.717. The summed E-state index contributed by atoms with van der Waals surface area (Å²) < 4.78 is 12.8. The number of aryl methyl sites for hydroxylation is 2. The van der Waals surface area contributed by atoms with E-state index in [-0.39, 0.29) is 5.56 Å². The van der Waals surface area contributed by atoms with E-state index in [1.807, 2.05) is 6.07 Å². The van der Waals surface area contributed by atoms with E-state index in [4.69, 9.17) is 9.47 Å². The minimum atomic E-state index is 0.0691. The SMILES string of the molecule is O=c1cc2c(nn1CC1CN(CC3COCCOC3)C1)CCCC2. The number of aromatic nitrogens is 2. The quantitative estimate of drug-likeness (QED) is 0.813. The molecule has 0 spiro atoms. The summed E-state index contributed by atoms with van der Waals surface area (Å²) in [5.41, 5.74) is 2.38. The number of fused-ring (bicyclic) bond motifs is 1. The number of rotatable bonds is 4. The van der Waals surface area contributed by atoms with Crippen LogP contribution < -0.4 is 5.56 Å². The van der Waals surface area contributed by atoms with E-state index >= 15 is 0 Å². The maximum Gasteiger partial charge on any atom is 0.267 e. The topological polar surface area (TPSA) is 56.6 Å². The second kappa shape index (κ2) is 7.33. The molecule has 1 aromatic rings. The maximum absolute atomic E-state index is 12.3. The largest absolute Gasteiger partial charge is 0.379 e. The first kappa shape index (κ1) is 16.2. The van der Waals surface area contributed by atoms with Crippen molar-refractivity contribution in [2.45, 2.75) is 32.2 Å². The highest BCUT2D eigenvalue weighted by molar-refractivity contribution is 5.20. The van der Waals surface area contributed by atoms with Crippen LogP contribution in [-0.4, -0.2) is 60.7 Å². The van der Waals surface area contributed by atoms with Crippen molar-refractivity contribution in [3.05, 3.63) is 27.7 Å². The molecule has 2 fully saturated rings. The average Bonchev–Trinajstić information content (AvgIpc) is 2.82. The molecule has 0 radical (unpaired) electrons. The van der Waals surface area contributed by atoms with E-state index < -0.39 is 0 Å². The second-order valence-electron chi connectivity index (χ2n) is 7.44. The van der Waals surface area contributed by atoms with E-state index in [2.05, 4.69) is 10.00 Å². The Kier molecular flexibility index (Phi) is 4.96. The highest BCUT2D eigenvalue weighted by Crippen LogP contribution is 2.21. The van der Waals surface area contributed by atoms with Crippen molar-refractivity contribution in [2.24, 2.45) is 11.8 Å². The number of hydrogen-bond acceptors (Lipinski definition) is 5. The molecule has 1 aromatic heterocycles. The average molecular weight is 333 g/mol. The van der Waals surface area contributed by atoms with Crippen LogP contribution in [0.15, 0.2) is 10.9 Å². The highest BCUT2D eigenvalue weighted by Gasteiger charge is 2.30. The molecule has 6 nitrogen and oxygen atoms in total. The normalized spacial score (nSPS) is 23.5. The summed E-state index contributed by atoms with van der Waals surface area (Å²) in [6, 6.07) is 1.82. The van der Waals surface area contributed by atoms with Crippen LogP contribution in [0, 0.1) is 11.8 Å². The van der Waals surface area contributed by atoms with Gasteiger partial charge >= 0.3 is 0 Å². The Bertz CT molecular complexity index is 616. The Morgan fingerprint density at radius 3 is 2.58 bits per heavy atom. The van der Waals surface area contributed by atoms with Crippen LogP contribution >= 0.6 is 0 Å². The monoisotopic (exact) mass is 333 g/mol. The molecule has 3 aliphatic rings. The van der Waals surface area contributed by atoms with Gasteiger partial charge < -0.3 is 14.4 Å². The first-order chi connectivity index (χ1) is 11.8. The number of nitrogens with zero attached hydrogens (tertiary/aromatic N) is 3. The van der Waals surface area contributed by atoms with Gasteiger partial charge in [-0.1, -0.05) is 0 Å². The van der Waals surface area contributed by atoms with Gasteiger partial charge in [-0.3, -0.25) is 4.79 Å². The zero-order valence-corrected chi connectivity index (χ0v) is 14.3. The summed E-state index contributed by atoms with van der Waals surface area (Å²) in [4.78, 5) is 14.7. The van der Waals surface area contributed by atoms with Crippen LogP contribution in [-0.2, 0) is 28.9 Å². The minimum absolute atomic E-state index is 0.0691. The number of likely N-dealkylation sites (tertiary alicyclic amines) is 1. The molecule has 6 heteroatoms. The highest BCUT2D eigenvalue weighted by atomic mass is 16.5. The van der Waals surface area contributed by atoms with Crippen LogP contribution in [0.4, 0.5) is 0 Å². The van der Waals surface area contributed by atoms with Crippen molar-refractivity contribution in [1.82, 2.24) is 14.7 Å². The van der Waals surface area contributed by atoms with Gasteiger partial charge in [0.25, 0.3) is 5.56 Å². The van der Waals surface area contributed by atoms with Gasteiger partial charge in [0.1, 0.15) is 0 Å². The third kappa shape index (κ3) is 3.71. The fourth-order valence-electron chi connectivity index (χ4n) is 4.05. The summed E-state index contributed by atoms with van der Waals surface area (Å²) in [6.45, 7) is 6.89. The molecule has 0 unspecified atom stereocenters. The first-order valence-electron chi connectivity index (χ1n) is 9.25. The Balaban J connectivity index is 1.29. The third-order valence-corrected chi connectivity index (χ3v) is 5.33. The zero-order chi connectivity index (χ0) is 16.4. The molecule has 0 amide bonds. The molecule has 4 rings (SSSR count). The third-order valence-electron chi connectivity index (χ3n) is 5.33. The lowest BCUT2D eigenvalue weighted by Gasteiger charge is -2.40. The zero-order valence-electron chi connectivity index (χ0n) is 14.3. The summed E-state index contributed by atoms with van der Waals surface area (Å²) in [5.74, 6) is 1.00. The summed E-state index contributed by atoms with van der Waals surface area (Å²) in [6.07, 6.45) is 4.42. The molecular formula is C18H27N3O3. The van der Waals surface area contributed by atoms with Gasteiger partial charge in [0.05, 0.1) is 38.7 Å². The van der Waals surface area contributed by atoms with Crippen molar-refractivity contribution in [1.29, 1.82) is 0 Å². The van der Waals surface area contributed by atoms with E-state index in [1.165, 1.54) is 18.4 Å². The number of ether oxygens (including phenoxy) is 2. The minimum Gasteiger partial charge on any atom is -0.379 e. The summed E-state index contributed by atoms with van der Waals surface area (Å²) in [5, 5.41) is 4.63. The van der Waals surface area contributed by atoms with Crippen molar-refractivity contribution >= 4 is 0 Å². The van der Waals surface area contributed by atoms with Crippen LogP contribution in [0.2, 0.25) is 0 Å². The summed E-state index contributed by atoms with van der Waals surface area (Å²) >= 11 is 0. The van der Waals surface area contributed by atoms with Crippen LogP contribution in [0.3, 0.4) is 0 Å². The van der Waals surface area contributed by atoms with Gasteiger partial charge in [-0.15, -0.1) is 0 Å². The van der Waals surface area contributed by atoms with Gasteiger partial charge in [-0.2, -0.15) is 5.10 Å². The predicted molar refractivity (Wildman–Crippen MR) is 90.2 cm³/mol. The molecule has 24 heavy (non-hydrogen) atoms. The maximum atomic E-state index is 12.3. The molecule has 0 N–H and O–H groups in total. The molecule has 2 saturated heterocycles. The Morgan fingerprint density at radius 1 is 1.04 bits per heavy atom. The van der Waals surface area contributed by atoms with Crippen LogP contribution in [0.25, 0.3) is 0 Å². The van der Waals surface area contributed by atoms with Crippen molar-refractivity contribution < 1.29 is 9.47 Å². The van der Waals surface area contributed by atoms with E-state index in [1.54, 1.807) is 4.68 Å². The molecule has 3 heterocycles. The van der Waals surface area contributed by atoms with Crippen LogP contribution in [0.1, 0.15) is 24.1 Å². The number of hydrogen-bond donors (Lipinski definition) is 0. The van der Waals surface area contributed by atoms with Gasteiger partial charge in [0.15, 0.2) is 0 Å². The van der Waals surface area contributed by atoms with Gasteiger partial charge in [0.2, 0.25) is 0 Å². The fourth-order valence-corrected chi connectivity index (χ4v) is 4.05. The van der Waals surface area contributed by atoms with Gasteiger partial charge in [0, 0.05) is 37.5 Å². The second-order valence-corrected chi connectivity index (χ2v) is 7.44. The standard InChI is InChI=1S/C18H27N3O3/c22-18-7-16-3-1-2-4-17(16)19-21(18)11-14-8-20(9-14)10-15-12-23-5-6-24-13-15/h7,14-15H,1-6,8-13H2. The molecule has 2 aliphatic heterocycles. The lowest BCUT2D eigenvalue weighted by molar-refractivity contribution is 0.0365. The van der Waals surface area contributed by atoms with Gasteiger partial charge in [-0.05, 0) is 31.2 Å². The molecular weight excluding hydrogens is 306 g/mol. The smallest absolute Gasteiger partial charge is 0.267 e. The molecule has 0 aromatic carbocycles. The molecule has 1 aliphatic carbocycles. The Morgan fingerprint density at radius 2 is 1.79 bits per heavy atom. The lowest BCUT2D eigenvalue weighted by atomic mass is 9.96. The molecule has 0 atom stereocenters. The van der Waals surface area contributed by atoms with E-state index in [0.29, 0.717) is 25.0 Å². The van der Waals surface area contributed by atoms with Crippen molar-refractivity contribution in [3.8, 4) is 0 Å².